The van der Waals surface area contributed by atoms with Gasteiger partial charge in [-0.05, 0) is 31.2 Å². The van der Waals surface area contributed by atoms with Gasteiger partial charge in [0.2, 0.25) is 0 Å². The SMILES string of the molecule is CCC(CC)CNCC1CCOC1CC. The van der Waals surface area contributed by atoms with Crippen LogP contribution in [0.15, 0.2) is 0 Å². The normalized spacial score (nSPS) is 26.4. The van der Waals surface area contributed by atoms with Crippen molar-refractivity contribution in [3.63, 3.8) is 0 Å². The molecule has 1 fully saturated rings. The van der Waals surface area contributed by atoms with Gasteiger partial charge in [-0.25, -0.2) is 0 Å². The average molecular weight is 213 g/mol. The van der Waals surface area contributed by atoms with Crippen LogP contribution in [-0.2, 0) is 4.74 Å². The van der Waals surface area contributed by atoms with E-state index in [0.29, 0.717) is 6.10 Å². The van der Waals surface area contributed by atoms with E-state index in [-0.39, 0.29) is 0 Å². The van der Waals surface area contributed by atoms with Gasteiger partial charge in [0.1, 0.15) is 0 Å². The molecule has 1 aliphatic heterocycles. The lowest BCUT2D eigenvalue weighted by atomic mass is 9.98. The number of hydrogen-bond donors (Lipinski definition) is 1. The third-order valence-electron chi connectivity index (χ3n) is 3.74. The Morgan fingerprint density at radius 1 is 1.27 bits per heavy atom. The monoisotopic (exact) mass is 213 g/mol. The molecule has 90 valence electrons. The molecule has 1 rings (SSSR count). The Bertz CT molecular complexity index is 157. The lowest BCUT2D eigenvalue weighted by Crippen LogP contribution is -2.31. The van der Waals surface area contributed by atoms with Crippen LogP contribution in [0.2, 0.25) is 0 Å². The van der Waals surface area contributed by atoms with Gasteiger partial charge in [0.15, 0.2) is 0 Å². The van der Waals surface area contributed by atoms with Gasteiger partial charge in [-0.15, -0.1) is 0 Å². The van der Waals surface area contributed by atoms with E-state index >= 15 is 0 Å². The summed E-state index contributed by atoms with van der Waals surface area (Å²) in [5.74, 6) is 1.61. The first-order chi connectivity index (χ1) is 7.31. The molecular weight excluding hydrogens is 186 g/mol. The maximum absolute atomic E-state index is 5.68. The molecule has 0 aromatic heterocycles. The maximum atomic E-state index is 5.68. The summed E-state index contributed by atoms with van der Waals surface area (Å²) >= 11 is 0. The molecular formula is C13H27NO. The van der Waals surface area contributed by atoms with Gasteiger partial charge in [-0.2, -0.15) is 0 Å². The molecule has 1 saturated heterocycles. The minimum atomic E-state index is 0.513. The van der Waals surface area contributed by atoms with Crippen LogP contribution in [0.25, 0.3) is 0 Å². The van der Waals surface area contributed by atoms with Gasteiger partial charge in [-0.3, -0.25) is 0 Å². The third-order valence-corrected chi connectivity index (χ3v) is 3.74. The minimum Gasteiger partial charge on any atom is -0.378 e. The molecule has 1 aliphatic rings. The van der Waals surface area contributed by atoms with E-state index in [1.54, 1.807) is 0 Å². The second-order valence-electron chi connectivity index (χ2n) is 4.71. The Labute approximate surface area is 94.8 Å². The van der Waals surface area contributed by atoms with E-state index in [2.05, 4.69) is 26.1 Å². The van der Waals surface area contributed by atoms with Crippen LogP contribution < -0.4 is 5.32 Å². The summed E-state index contributed by atoms with van der Waals surface area (Å²) < 4.78 is 5.68. The van der Waals surface area contributed by atoms with Crippen LogP contribution in [0.3, 0.4) is 0 Å². The van der Waals surface area contributed by atoms with Gasteiger partial charge in [0.05, 0.1) is 6.10 Å². The summed E-state index contributed by atoms with van der Waals surface area (Å²) in [5.41, 5.74) is 0. The van der Waals surface area contributed by atoms with Crippen LogP contribution in [0, 0.1) is 11.8 Å². The Balaban J connectivity index is 2.13. The van der Waals surface area contributed by atoms with Crippen molar-refractivity contribution in [1.29, 1.82) is 0 Å². The highest BCUT2D eigenvalue weighted by atomic mass is 16.5. The van der Waals surface area contributed by atoms with Gasteiger partial charge in [0.25, 0.3) is 0 Å². The van der Waals surface area contributed by atoms with Crippen LogP contribution in [0.4, 0.5) is 0 Å². The molecule has 0 radical (unpaired) electrons. The predicted molar refractivity (Wildman–Crippen MR) is 65.1 cm³/mol. The molecule has 0 aromatic rings. The first-order valence-corrected chi connectivity index (χ1v) is 6.64. The lowest BCUT2D eigenvalue weighted by Gasteiger charge is -2.19. The predicted octanol–water partition coefficient (Wildman–Crippen LogP) is 2.83. The van der Waals surface area contributed by atoms with E-state index in [1.165, 1.54) is 25.8 Å². The van der Waals surface area contributed by atoms with E-state index in [4.69, 9.17) is 4.74 Å². The van der Waals surface area contributed by atoms with Crippen LogP contribution in [0.1, 0.15) is 46.5 Å². The van der Waals surface area contributed by atoms with E-state index in [1.807, 2.05) is 0 Å². The zero-order chi connectivity index (χ0) is 11.1. The summed E-state index contributed by atoms with van der Waals surface area (Å²) in [6.45, 7) is 10.1. The van der Waals surface area contributed by atoms with Crippen LogP contribution in [0.5, 0.6) is 0 Å². The molecule has 0 bridgehead atoms. The molecule has 2 heteroatoms. The van der Waals surface area contributed by atoms with Crippen molar-refractivity contribution < 1.29 is 4.74 Å². The second kappa shape index (κ2) is 7.24. The summed E-state index contributed by atoms with van der Waals surface area (Å²) in [5, 5.41) is 3.61. The van der Waals surface area contributed by atoms with Crippen molar-refractivity contribution in [2.45, 2.75) is 52.6 Å². The van der Waals surface area contributed by atoms with Crippen molar-refractivity contribution in [3.8, 4) is 0 Å². The highest BCUT2D eigenvalue weighted by molar-refractivity contribution is 4.77. The topological polar surface area (TPSA) is 21.3 Å². The number of hydrogen-bond acceptors (Lipinski definition) is 2. The summed E-state index contributed by atoms with van der Waals surface area (Å²) in [4.78, 5) is 0. The summed E-state index contributed by atoms with van der Waals surface area (Å²) in [6.07, 6.45) is 5.51. The van der Waals surface area contributed by atoms with Gasteiger partial charge in [-0.1, -0.05) is 33.6 Å². The van der Waals surface area contributed by atoms with Crippen LogP contribution >= 0.6 is 0 Å². The number of rotatable bonds is 7. The van der Waals surface area contributed by atoms with Crippen molar-refractivity contribution in [1.82, 2.24) is 5.32 Å². The Morgan fingerprint density at radius 3 is 2.60 bits per heavy atom. The fourth-order valence-electron chi connectivity index (χ4n) is 2.43. The lowest BCUT2D eigenvalue weighted by molar-refractivity contribution is 0.0870. The Kier molecular flexibility index (Phi) is 6.26. The molecule has 0 spiro atoms. The second-order valence-corrected chi connectivity index (χ2v) is 4.71. The molecule has 0 aliphatic carbocycles. The Morgan fingerprint density at radius 2 is 2.00 bits per heavy atom. The highest BCUT2D eigenvalue weighted by Gasteiger charge is 2.26. The molecule has 1 heterocycles. The minimum absolute atomic E-state index is 0.513. The fraction of sp³-hybridized carbons (Fsp3) is 1.00. The van der Waals surface area contributed by atoms with Crippen molar-refractivity contribution in [2.24, 2.45) is 11.8 Å². The van der Waals surface area contributed by atoms with E-state index in [0.717, 1.165) is 31.4 Å². The molecule has 2 nitrogen and oxygen atoms in total. The van der Waals surface area contributed by atoms with Crippen LogP contribution in [-0.4, -0.2) is 25.8 Å². The summed E-state index contributed by atoms with van der Waals surface area (Å²) in [7, 11) is 0. The smallest absolute Gasteiger partial charge is 0.0613 e. The molecule has 15 heavy (non-hydrogen) atoms. The number of ether oxygens (including phenoxy) is 1. The van der Waals surface area contributed by atoms with Crippen molar-refractivity contribution >= 4 is 0 Å². The molecule has 2 atom stereocenters. The molecule has 0 aromatic carbocycles. The molecule has 0 saturated carbocycles. The van der Waals surface area contributed by atoms with Gasteiger partial charge in [0, 0.05) is 13.2 Å². The van der Waals surface area contributed by atoms with Crippen molar-refractivity contribution in [3.05, 3.63) is 0 Å². The standard InChI is InChI=1S/C13H27NO/c1-4-11(5-2)9-14-10-12-7-8-15-13(12)6-3/h11-14H,4-10H2,1-3H3. The van der Waals surface area contributed by atoms with Crippen molar-refractivity contribution in [2.75, 3.05) is 19.7 Å². The highest BCUT2D eigenvalue weighted by Crippen LogP contribution is 2.22. The first kappa shape index (κ1) is 13.0. The Hall–Kier alpha value is -0.0800. The maximum Gasteiger partial charge on any atom is 0.0613 e. The van der Waals surface area contributed by atoms with Gasteiger partial charge < -0.3 is 10.1 Å². The molecule has 1 N–H and O–H groups in total. The molecule has 2 unspecified atom stereocenters. The molecule has 0 amide bonds. The third kappa shape index (κ3) is 4.12. The quantitative estimate of drug-likeness (QED) is 0.702. The van der Waals surface area contributed by atoms with Gasteiger partial charge >= 0.3 is 0 Å². The zero-order valence-corrected chi connectivity index (χ0v) is 10.6. The van der Waals surface area contributed by atoms with E-state index in [9.17, 15) is 0 Å². The average Bonchev–Trinajstić information content (AvgIpc) is 2.72. The first-order valence-electron chi connectivity index (χ1n) is 6.64. The fourth-order valence-corrected chi connectivity index (χ4v) is 2.43. The number of nitrogens with one attached hydrogen (secondary N) is 1. The summed E-state index contributed by atoms with van der Waals surface area (Å²) in [6, 6.07) is 0. The van der Waals surface area contributed by atoms with E-state index < -0.39 is 0 Å². The largest absolute Gasteiger partial charge is 0.378 e. The zero-order valence-electron chi connectivity index (χ0n) is 10.6.